The third-order valence-electron chi connectivity index (χ3n) is 8.36. The smallest absolute Gasteiger partial charge is 0.407 e. The van der Waals surface area contributed by atoms with Gasteiger partial charge >= 0.3 is 6.09 Å². The molecule has 50 heavy (non-hydrogen) atoms. The quantitative estimate of drug-likeness (QED) is 0.115. The zero-order valence-corrected chi connectivity index (χ0v) is 27.9. The topological polar surface area (TPSA) is 84.5 Å². The second kappa shape index (κ2) is 18.8. The summed E-state index contributed by atoms with van der Waals surface area (Å²) in [6.07, 6.45) is -3.48. The van der Waals surface area contributed by atoms with Gasteiger partial charge in [-0.25, -0.2) is 4.79 Å². The van der Waals surface area contributed by atoms with Gasteiger partial charge in [0.25, 0.3) is 0 Å². The summed E-state index contributed by atoms with van der Waals surface area (Å²) in [5.74, 6) is 0. The molecule has 8 heteroatoms. The van der Waals surface area contributed by atoms with Crippen LogP contribution in [0.2, 0.25) is 0 Å². The average Bonchev–Trinajstić information content (AvgIpc) is 3.17. The van der Waals surface area contributed by atoms with Crippen LogP contribution < -0.4 is 5.32 Å². The van der Waals surface area contributed by atoms with Gasteiger partial charge in [-0.05, 0) is 27.8 Å². The first-order valence-corrected chi connectivity index (χ1v) is 16.9. The molecule has 1 aliphatic heterocycles. The van der Waals surface area contributed by atoms with Gasteiger partial charge in [-0.1, -0.05) is 152 Å². The van der Waals surface area contributed by atoms with E-state index in [1.807, 2.05) is 152 Å². The molecule has 0 aliphatic carbocycles. The van der Waals surface area contributed by atoms with Crippen molar-refractivity contribution >= 4 is 6.09 Å². The lowest BCUT2D eigenvalue weighted by Gasteiger charge is -2.46. The lowest BCUT2D eigenvalue weighted by atomic mass is 9.96. The highest BCUT2D eigenvalue weighted by Crippen LogP contribution is 2.30. The highest BCUT2D eigenvalue weighted by Gasteiger charge is 2.49. The number of carbonyl (C=O) groups is 1. The van der Waals surface area contributed by atoms with Crippen molar-refractivity contribution < 1.29 is 33.2 Å². The fourth-order valence-electron chi connectivity index (χ4n) is 5.79. The minimum atomic E-state index is -0.915. The van der Waals surface area contributed by atoms with E-state index in [1.54, 1.807) is 0 Å². The minimum Gasteiger partial charge on any atom is -0.445 e. The summed E-state index contributed by atoms with van der Waals surface area (Å²) in [4.78, 5) is 13.5. The van der Waals surface area contributed by atoms with E-state index in [-0.39, 0.29) is 26.4 Å². The number of nitrogens with one attached hydrogen (secondary N) is 1. The molecule has 0 spiro atoms. The molecular weight excluding hydrogens is 630 g/mol. The van der Waals surface area contributed by atoms with Crippen LogP contribution in [0.3, 0.4) is 0 Å². The predicted molar refractivity (Wildman–Crippen MR) is 190 cm³/mol. The highest BCUT2D eigenvalue weighted by atomic mass is 16.7. The van der Waals surface area contributed by atoms with Crippen molar-refractivity contribution in [2.45, 2.75) is 63.7 Å². The van der Waals surface area contributed by atoms with Gasteiger partial charge in [-0.2, -0.15) is 0 Å². The number of hydrogen-bond acceptors (Lipinski definition) is 7. The van der Waals surface area contributed by atoms with Gasteiger partial charge in [0.05, 0.1) is 33.0 Å². The van der Waals surface area contributed by atoms with Crippen molar-refractivity contribution in [3.8, 4) is 0 Å². The number of carbonyl (C=O) groups excluding carboxylic acids is 1. The van der Waals surface area contributed by atoms with Gasteiger partial charge in [-0.15, -0.1) is 0 Å². The number of ether oxygens (including phenoxy) is 6. The third kappa shape index (κ3) is 10.6. The zero-order chi connectivity index (χ0) is 34.2. The van der Waals surface area contributed by atoms with E-state index in [2.05, 4.69) is 5.32 Å². The molecule has 0 saturated carbocycles. The van der Waals surface area contributed by atoms with E-state index in [0.717, 1.165) is 27.8 Å². The van der Waals surface area contributed by atoms with E-state index in [0.29, 0.717) is 13.2 Å². The van der Waals surface area contributed by atoms with E-state index < -0.39 is 36.7 Å². The van der Waals surface area contributed by atoms with Crippen LogP contribution >= 0.6 is 0 Å². The molecule has 1 N–H and O–H groups in total. The maximum atomic E-state index is 13.5. The summed E-state index contributed by atoms with van der Waals surface area (Å²) in [6.45, 7) is 1.53. The number of alkyl carbamates (subject to hydrolysis) is 1. The second-order valence-electron chi connectivity index (χ2n) is 12.1. The lowest BCUT2D eigenvalue weighted by molar-refractivity contribution is -0.293. The lowest BCUT2D eigenvalue weighted by Crippen LogP contribution is -2.66. The fourth-order valence-corrected chi connectivity index (χ4v) is 5.79. The van der Waals surface area contributed by atoms with Crippen LogP contribution in [0.1, 0.15) is 27.8 Å². The third-order valence-corrected chi connectivity index (χ3v) is 8.36. The van der Waals surface area contributed by atoms with E-state index in [4.69, 9.17) is 28.4 Å². The van der Waals surface area contributed by atoms with Crippen molar-refractivity contribution in [3.05, 3.63) is 179 Å². The van der Waals surface area contributed by atoms with Crippen LogP contribution in [0.15, 0.2) is 152 Å². The maximum Gasteiger partial charge on any atom is 0.407 e. The van der Waals surface area contributed by atoms with E-state index >= 15 is 0 Å². The van der Waals surface area contributed by atoms with E-state index in [1.165, 1.54) is 0 Å². The first kappa shape index (κ1) is 35.0. The number of rotatable bonds is 16. The summed E-state index contributed by atoms with van der Waals surface area (Å²) in [5, 5.41) is 3.04. The molecule has 1 heterocycles. The molecule has 1 aliphatic rings. The Hall–Kier alpha value is -4.83. The maximum absolute atomic E-state index is 13.5. The summed E-state index contributed by atoms with van der Waals surface area (Å²) in [5.41, 5.74) is 4.84. The Bertz CT molecular complexity index is 1680. The van der Waals surface area contributed by atoms with Gasteiger partial charge in [0, 0.05) is 0 Å². The zero-order valence-electron chi connectivity index (χ0n) is 27.9. The Morgan fingerprint density at radius 3 is 1.38 bits per heavy atom. The van der Waals surface area contributed by atoms with Gasteiger partial charge < -0.3 is 33.7 Å². The van der Waals surface area contributed by atoms with Crippen molar-refractivity contribution in [1.29, 1.82) is 0 Å². The molecule has 8 nitrogen and oxygen atoms in total. The molecule has 0 unspecified atom stereocenters. The standard InChI is InChI=1S/C42H43NO7/c44-42(49-30-36-24-14-5-15-25-36)43-38-40(47-28-34-20-10-3-11-21-34)39(46-27-33-18-8-2-9-19-33)37(31-45-26-32-16-6-1-7-17-32)50-41(38)48-29-35-22-12-4-13-23-35/h1-25,37-41H,26-31H2,(H,43,44)/t37-,38+,39-,40-,41+/m1/s1. The van der Waals surface area contributed by atoms with Gasteiger partial charge in [-0.3, -0.25) is 0 Å². The molecule has 6 rings (SSSR count). The molecule has 5 aromatic carbocycles. The molecule has 0 aromatic heterocycles. The van der Waals surface area contributed by atoms with Gasteiger partial charge in [0.2, 0.25) is 0 Å². The first-order valence-electron chi connectivity index (χ1n) is 16.9. The summed E-state index contributed by atoms with van der Waals surface area (Å²) >= 11 is 0. The molecule has 5 aromatic rings. The number of amides is 1. The van der Waals surface area contributed by atoms with Gasteiger partial charge in [0.1, 0.15) is 31.0 Å². The van der Waals surface area contributed by atoms with Crippen LogP contribution in [0.5, 0.6) is 0 Å². The van der Waals surface area contributed by atoms with Crippen LogP contribution in [0.4, 0.5) is 4.79 Å². The molecule has 5 atom stereocenters. The van der Waals surface area contributed by atoms with E-state index in [9.17, 15) is 4.79 Å². The Kier molecular flexibility index (Phi) is 13.2. The Morgan fingerprint density at radius 1 is 0.500 bits per heavy atom. The molecule has 258 valence electrons. The van der Waals surface area contributed by atoms with Crippen molar-refractivity contribution in [1.82, 2.24) is 5.32 Å². The monoisotopic (exact) mass is 673 g/mol. The summed E-state index contributed by atoms with van der Waals surface area (Å²) in [6, 6.07) is 48.4. The van der Waals surface area contributed by atoms with Gasteiger partial charge in [0.15, 0.2) is 6.29 Å². The molecule has 1 fully saturated rings. The van der Waals surface area contributed by atoms with Crippen molar-refractivity contribution in [3.63, 3.8) is 0 Å². The minimum absolute atomic E-state index is 0.106. The fraction of sp³-hybridized carbons (Fsp3) is 0.262. The van der Waals surface area contributed by atoms with Crippen LogP contribution in [-0.4, -0.2) is 43.3 Å². The number of benzene rings is 5. The molecule has 1 amide bonds. The Balaban J connectivity index is 1.28. The predicted octanol–water partition coefficient (Wildman–Crippen LogP) is 7.61. The van der Waals surface area contributed by atoms with Crippen LogP contribution in [0, 0.1) is 0 Å². The summed E-state index contributed by atoms with van der Waals surface area (Å²) < 4.78 is 38.4. The molecule has 1 saturated heterocycles. The Morgan fingerprint density at radius 2 is 0.900 bits per heavy atom. The highest BCUT2D eigenvalue weighted by molar-refractivity contribution is 5.67. The SMILES string of the molecule is O=C(N[C@@H]1[C@@H](OCc2ccccc2)O[C@H](COCc2ccccc2)[C@@H](OCc2ccccc2)[C@@H]1OCc1ccccc1)OCc1ccccc1. The second-order valence-corrected chi connectivity index (χ2v) is 12.1. The van der Waals surface area contributed by atoms with Crippen LogP contribution in [-0.2, 0) is 61.5 Å². The normalized spacial score (nSPS) is 20.2. The summed E-state index contributed by atoms with van der Waals surface area (Å²) in [7, 11) is 0. The largest absolute Gasteiger partial charge is 0.445 e. The Labute approximate surface area is 293 Å². The van der Waals surface area contributed by atoms with Crippen molar-refractivity contribution in [2.24, 2.45) is 0 Å². The molecule has 0 radical (unpaired) electrons. The van der Waals surface area contributed by atoms with Crippen molar-refractivity contribution in [2.75, 3.05) is 6.61 Å². The first-order chi connectivity index (χ1) is 24.7. The van der Waals surface area contributed by atoms with Crippen LogP contribution in [0.25, 0.3) is 0 Å². The average molecular weight is 674 g/mol. The number of hydrogen-bond donors (Lipinski definition) is 1. The molecular formula is C42H43NO7. The molecule has 0 bridgehead atoms.